The van der Waals surface area contributed by atoms with Crippen LogP contribution in [0.15, 0.2) is 54.6 Å². The van der Waals surface area contributed by atoms with E-state index in [9.17, 15) is 9.59 Å². The lowest BCUT2D eigenvalue weighted by molar-refractivity contribution is -0.124. The molecule has 6 heteroatoms. The lowest BCUT2D eigenvalue weighted by atomic mass is 9.84. The first kappa shape index (κ1) is 19.5. The molecule has 6 nitrogen and oxygen atoms in total. The van der Waals surface area contributed by atoms with Crippen LogP contribution in [-0.4, -0.2) is 41.9 Å². The van der Waals surface area contributed by atoms with Gasteiger partial charge in [0.1, 0.15) is 5.54 Å². The highest BCUT2D eigenvalue weighted by Crippen LogP contribution is 2.36. The zero-order chi connectivity index (χ0) is 20.3. The molecule has 0 aliphatic carbocycles. The van der Waals surface area contributed by atoms with Crippen LogP contribution < -0.4 is 16.0 Å². The number of likely N-dealkylation sites (tertiary alicyclic amines) is 1. The zero-order valence-electron chi connectivity index (χ0n) is 16.8. The van der Waals surface area contributed by atoms with E-state index in [1.807, 2.05) is 61.5 Å². The standard InChI is InChI=1S/C23H28N4O2/c1-17(18-7-3-2-4-8-18)24-21(28)11-14-27-15-12-23(13-16-27)22(29)25-19-9-5-6-10-20(19)26-23/h2-10,17,26H,11-16H2,1H3,(H,24,28)(H,25,29). The highest BCUT2D eigenvalue weighted by atomic mass is 16.2. The number of hydrogen-bond acceptors (Lipinski definition) is 4. The van der Waals surface area contributed by atoms with Crippen LogP contribution in [0.25, 0.3) is 0 Å². The number of carbonyl (C=O) groups is 2. The van der Waals surface area contributed by atoms with E-state index in [1.165, 1.54) is 0 Å². The predicted octanol–water partition coefficient (Wildman–Crippen LogP) is 3.15. The van der Waals surface area contributed by atoms with E-state index in [0.717, 1.165) is 42.9 Å². The summed E-state index contributed by atoms with van der Waals surface area (Å²) < 4.78 is 0. The molecule has 0 saturated carbocycles. The van der Waals surface area contributed by atoms with Crippen molar-refractivity contribution < 1.29 is 9.59 Å². The Bertz CT molecular complexity index is 875. The molecule has 3 N–H and O–H groups in total. The number of amides is 2. The molecule has 2 aromatic carbocycles. The number of carbonyl (C=O) groups excluding carboxylic acids is 2. The van der Waals surface area contributed by atoms with E-state index >= 15 is 0 Å². The van der Waals surface area contributed by atoms with Gasteiger partial charge in [-0.2, -0.15) is 0 Å². The van der Waals surface area contributed by atoms with Crippen molar-refractivity contribution in [3.8, 4) is 0 Å². The number of piperidine rings is 1. The second-order valence-corrected chi connectivity index (χ2v) is 8.00. The summed E-state index contributed by atoms with van der Waals surface area (Å²) in [6, 6.07) is 17.8. The third kappa shape index (κ3) is 4.27. The van der Waals surface area contributed by atoms with E-state index in [1.54, 1.807) is 0 Å². The van der Waals surface area contributed by atoms with Crippen LogP contribution in [0.5, 0.6) is 0 Å². The molecule has 2 aliphatic heterocycles. The molecule has 1 fully saturated rings. The van der Waals surface area contributed by atoms with Crippen LogP contribution >= 0.6 is 0 Å². The highest BCUT2D eigenvalue weighted by molar-refractivity contribution is 6.06. The van der Waals surface area contributed by atoms with Crippen LogP contribution in [0.2, 0.25) is 0 Å². The molecule has 4 rings (SSSR count). The maximum Gasteiger partial charge on any atom is 0.250 e. The molecular formula is C23H28N4O2. The second-order valence-electron chi connectivity index (χ2n) is 8.00. The Morgan fingerprint density at radius 3 is 2.45 bits per heavy atom. The third-order valence-electron chi connectivity index (χ3n) is 6.03. The maximum absolute atomic E-state index is 12.7. The van der Waals surface area contributed by atoms with E-state index in [4.69, 9.17) is 0 Å². The number of benzene rings is 2. The van der Waals surface area contributed by atoms with Crippen LogP contribution in [0, 0.1) is 0 Å². The van der Waals surface area contributed by atoms with E-state index < -0.39 is 5.54 Å². The first-order valence-corrected chi connectivity index (χ1v) is 10.3. The number of hydrogen-bond donors (Lipinski definition) is 3. The van der Waals surface area contributed by atoms with Gasteiger partial charge in [-0.3, -0.25) is 9.59 Å². The minimum atomic E-state index is -0.547. The van der Waals surface area contributed by atoms with Gasteiger partial charge in [-0.25, -0.2) is 0 Å². The Morgan fingerprint density at radius 2 is 1.72 bits per heavy atom. The summed E-state index contributed by atoms with van der Waals surface area (Å²) in [6.07, 6.45) is 1.93. The Balaban J connectivity index is 1.26. The van der Waals surface area contributed by atoms with Crippen molar-refractivity contribution >= 4 is 23.2 Å². The van der Waals surface area contributed by atoms with Crippen LogP contribution in [-0.2, 0) is 9.59 Å². The van der Waals surface area contributed by atoms with Crippen molar-refractivity contribution in [2.75, 3.05) is 30.3 Å². The van der Waals surface area contributed by atoms with Crippen molar-refractivity contribution in [2.24, 2.45) is 0 Å². The Morgan fingerprint density at radius 1 is 1.07 bits per heavy atom. The molecule has 1 saturated heterocycles. The first-order chi connectivity index (χ1) is 14.1. The van der Waals surface area contributed by atoms with E-state index in [2.05, 4.69) is 20.9 Å². The lowest BCUT2D eigenvalue weighted by Gasteiger charge is -2.44. The fourth-order valence-electron chi connectivity index (χ4n) is 4.17. The summed E-state index contributed by atoms with van der Waals surface area (Å²) in [5.41, 5.74) is 2.38. The molecular weight excluding hydrogens is 364 g/mol. The number of rotatable bonds is 5. The minimum absolute atomic E-state index is 0.00327. The predicted molar refractivity (Wildman–Crippen MR) is 115 cm³/mol. The van der Waals surface area contributed by atoms with Crippen LogP contribution in [0.3, 0.4) is 0 Å². The number of anilines is 2. The van der Waals surface area contributed by atoms with Gasteiger partial charge in [-0.05, 0) is 37.5 Å². The number of nitrogens with zero attached hydrogens (tertiary/aromatic N) is 1. The quantitative estimate of drug-likeness (QED) is 0.731. The van der Waals surface area contributed by atoms with Gasteiger partial charge in [-0.1, -0.05) is 42.5 Å². The average Bonchev–Trinajstić information content (AvgIpc) is 2.75. The van der Waals surface area contributed by atoms with Gasteiger partial charge in [0.2, 0.25) is 11.8 Å². The third-order valence-corrected chi connectivity index (χ3v) is 6.03. The lowest BCUT2D eigenvalue weighted by Crippen LogP contribution is -2.58. The van der Waals surface area contributed by atoms with E-state index in [-0.39, 0.29) is 17.9 Å². The Labute approximate surface area is 171 Å². The molecule has 0 bridgehead atoms. The number of nitrogens with one attached hydrogen (secondary N) is 3. The van der Waals surface area contributed by atoms with Crippen molar-refractivity contribution in [1.29, 1.82) is 0 Å². The van der Waals surface area contributed by atoms with Gasteiger partial charge in [0.15, 0.2) is 0 Å². The van der Waals surface area contributed by atoms with Crippen molar-refractivity contribution in [2.45, 2.75) is 37.8 Å². The number of para-hydroxylation sites is 2. The molecule has 1 spiro atoms. The first-order valence-electron chi connectivity index (χ1n) is 10.3. The molecule has 2 aromatic rings. The monoisotopic (exact) mass is 392 g/mol. The van der Waals surface area contributed by atoms with E-state index in [0.29, 0.717) is 13.0 Å². The summed E-state index contributed by atoms with van der Waals surface area (Å²) in [6.45, 7) is 4.30. The second kappa shape index (κ2) is 8.25. The summed E-state index contributed by atoms with van der Waals surface area (Å²) in [7, 11) is 0. The molecule has 29 heavy (non-hydrogen) atoms. The Hall–Kier alpha value is -2.86. The fraction of sp³-hybridized carbons (Fsp3) is 0.391. The average molecular weight is 393 g/mol. The number of fused-ring (bicyclic) bond motifs is 1. The summed E-state index contributed by atoms with van der Waals surface area (Å²) in [5, 5.41) is 9.58. The normalized spacial score (nSPS) is 19.0. The SMILES string of the molecule is CC(NC(=O)CCN1CCC2(CC1)Nc1ccccc1NC2=O)c1ccccc1. The molecule has 2 aliphatic rings. The fourth-order valence-corrected chi connectivity index (χ4v) is 4.17. The molecule has 1 atom stereocenters. The van der Waals surface area contributed by atoms with Crippen molar-refractivity contribution in [1.82, 2.24) is 10.2 Å². The van der Waals surface area contributed by atoms with Crippen LogP contribution in [0.1, 0.15) is 37.8 Å². The summed E-state index contributed by atoms with van der Waals surface area (Å²) in [5.74, 6) is 0.106. The van der Waals surface area contributed by atoms with Gasteiger partial charge in [0.05, 0.1) is 17.4 Å². The zero-order valence-corrected chi connectivity index (χ0v) is 16.8. The highest BCUT2D eigenvalue weighted by Gasteiger charge is 2.44. The molecule has 152 valence electrons. The summed E-state index contributed by atoms with van der Waals surface area (Å²) >= 11 is 0. The largest absolute Gasteiger partial charge is 0.369 e. The molecule has 0 aromatic heterocycles. The Kier molecular flexibility index (Phi) is 5.53. The van der Waals surface area contributed by atoms with Gasteiger partial charge >= 0.3 is 0 Å². The minimum Gasteiger partial charge on any atom is -0.369 e. The molecule has 2 heterocycles. The smallest absolute Gasteiger partial charge is 0.250 e. The topological polar surface area (TPSA) is 73.5 Å². The van der Waals surface area contributed by atoms with Crippen molar-refractivity contribution in [3.05, 3.63) is 60.2 Å². The molecule has 1 unspecified atom stereocenters. The van der Waals surface area contributed by atoms with Gasteiger partial charge in [0, 0.05) is 26.1 Å². The maximum atomic E-state index is 12.7. The van der Waals surface area contributed by atoms with Crippen molar-refractivity contribution in [3.63, 3.8) is 0 Å². The molecule has 0 radical (unpaired) electrons. The van der Waals surface area contributed by atoms with Gasteiger partial charge in [-0.15, -0.1) is 0 Å². The van der Waals surface area contributed by atoms with Crippen LogP contribution in [0.4, 0.5) is 11.4 Å². The summed E-state index contributed by atoms with van der Waals surface area (Å²) in [4.78, 5) is 27.3. The van der Waals surface area contributed by atoms with Gasteiger partial charge < -0.3 is 20.9 Å². The molecule has 2 amide bonds. The van der Waals surface area contributed by atoms with Gasteiger partial charge in [0.25, 0.3) is 0 Å².